The van der Waals surface area contributed by atoms with Gasteiger partial charge in [-0.1, -0.05) is 30.3 Å². The molecule has 0 fully saturated rings. The van der Waals surface area contributed by atoms with Crippen LogP contribution in [0.2, 0.25) is 0 Å². The van der Waals surface area contributed by atoms with E-state index >= 15 is 0 Å². The Labute approximate surface area is 78.4 Å². The molecule has 0 saturated heterocycles. The minimum absolute atomic E-state index is 1.25. The van der Waals surface area contributed by atoms with Crippen molar-refractivity contribution in [2.45, 2.75) is 13.8 Å². The van der Waals surface area contributed by atoms with Crippen LogP contribution in [0.3, 0.4) is 0 Å². The summed E-state index contributed by atoms with van der Waals surface area (Å²) >= 11 is 0. The van der Waals surface area contributed by atoms with Gasteiger partial charge in [-0.05, 0) is 25.0 Å². The molecule has 1 N–H and O–H groups in total. The van der Waals surface area contributed by atoms with Crippen LogP contribution in [0.1, 0.15) is 11.3 Å². The van der Waals surface area contributed by atoms with E-state index in [-0.39, 0.29) is 0 Å². The number of hydrogen-bond donors (Lipinski definition) is 1. The fourth-order valence-electron chi connectivity index (χ4n) is 1.52. The Kier molecular flexibility index (Phi) is 1.93. The van der Waals surface area contributed by atoms with Gasteiger partial charge in [-0.15, -0.1) is 0 Å². The van der Waals surface area contributed by atoms with E-state index in [2.05, 4.69) is 49.3 Å². The lowest BCUT2D eigenvalue weighted by molar-refractivity contribution is 1.23. The summed E-state index contributed by atoms with van der Waals surface area (Å²) in [4.78, 5) is 3.24. The van der Waals surface area contributed by atoms with Crippen LogP contribution in [0.4, 0.5) is 0 Å². The van der Waals surface area contributed by atoms with Crippen LogP contribution in [-0.2, 0) is 0 Å². The second-order valence-corrected chi connectivity index (χ2v) is 3.32. The van der Waals surface area contributed by atoms with E-state index in [1.165, 1.54) is 22.4 Å². The number of nitrogens with one attached hydrogen (secondary N) is 1. The van der Waals surface area contributed by atoms with Crippen molar-refractivity contribution < 1.29 is 0 Å². The van der Waals surface area contributed by atoms with E-state index in [4.69, 9.17) is 0 Å². The predicted octanol–water partition coefficient (Wildman–Crippen LogP) is 3.30. The third-order valence-electron chi connectivity index (χ3n) is 2.48. The fourth-order valence-corrected chi connectivity index (χ4v) is 1.52. The lowest BCUT2D eigenvalue weighted by atomic mass is 10.0. The summed E-state index contributed by atoms with van der Waals surface area (Å²) in [7, 11) is 0. The maximum atomic E-state index is 3.24. The van der Waals surface area contributed by atoms with Gasteiger partial charge >= 0.3 is 0 Å². The predicted molar refractivity (Wildman–Crippen MR) is 55.7 cm³/mol. The van der Waals surface area contributed by atoms with Gasteiger partial charge in [-0.25, -0.2) is 0 Å². The maximum Gasteiger partial charge on any atom is 0.0151 e. The van der Waals surface area contributed by atoms with Crippen molar-refractivity contribution in [3.63, 3.8) is 0 Å². The zero-order valence-corrected chi connectivity index (χ0v) is 7.96. The SMILES string of the molecule is Cc1[nH]cc(-c2ccccc2)c1C. The van der Waals surface area contributed by atoms with Gasteiger partial charge in [0.05, 0.1) is 0 Å². The van der Waals surface area contributed by atoms with Gasteiger partial charge < -0.3 is 4.98 Å². The second kappa shape index (κ2) is 3.09. The van der Waals surface area contributed by atoms with E-state index < -0.39 is 0 Å². The quantitative estimate of drug-likeness (QED) is 0.677. The molecule has 0 aliphatic carbocycles. The summed E-state index contributed by atoms with van der Waals surface area (Å²) in [5, 5.41) is 0. The average Bonchev–Trinajstić information content (AvgIpc) is 2.49. The van der Waals surface area contributed by atoms with Crippen molar-refractivity contribution >= 4 is 0 Å². The molecule has 0 spiro atoms. The molecule has 1 nitrogen and oxygen atoms in total. The summed E-state index contributed by atoms with van der Waals surface area (Å²) in [5.41, 5.74) is 5.17. The Morgan fingerprint density at radius 2 is 1.69 bits per heavy atom. The molecule has 0 unspecified atom stereocenters. The molecule has 0 aliphatic rings. The summed E-state index contributed by atoms with van der Waals surface area (Å²) < 4.78 is 0. The van der Waals surface area contributed by atoms with Crippen molar-refractivity contribution in [3.05, 3.63) is 47.8 Å². The van der Waals surface area contributed by atoms with Gasteiger partial charge in [-0.3, -0.25) is 0 Å². The molecule has 0 amide bonds. The number of H-pyrrole nitrogens is 1. The van der Waals surface area contributed by atoms with E-state index in [1.807, 2.05) is 6.07 Å². The molecule has 0 bridgehead atoms. The highest BCUT2D eigenvalue weighted by molar-refractivity contribution is 5.67. The van der Waals surface area contributed by atoms with Crippen LogP contribution >= 0.6 is 0 Å². The Morgan fingerprint density at radius 3 is 2.23 bits per heavy atom. The van der Waals surface area contributed by atoms with Gasteiger partial charge in [0.2, 0.25) is 0 Å². The lowest BCUT2D eigenvalue weighted by Gasteiger charge is -1.99. The van der Waals surface area contributed by atoms with E-state index in [0.29, 0.717) is 0 Å². The zero-order chi connectivity index (χ0) is 9.26. The van der Waals surface area contributed by atoms with Gasteiger partial charge in [0, 0.05) is 17.5 Å². The standard InChI is InChI=1S/C12H13N/c1-9-10(2)13-8-12(9)11-6-4-3-5-7-11/h3-8,13H,1-2H3. The Morgan fingerprint density at radius 1 is 1.00 bits per heavy atom. The summed E-state index contributed by atoms with van der Waals surface area (Å²) in [5.74, 6) is 0. The van der Waals surface area contributed by atoms with Gasteiger partial charge in [-0.2, -0.15) is 0 Å². The molecule has 0 saturated carbocycles. The molecule has 1 heterocycles. The first-order valence-electron chi connectivity index (χ1n) is 4.49. The molecule has 1 aromatic carbocycles. The second-order valence-electron chi connectivity index (χ2n) is 3.32. The number of hydrogen-bond acceptors (Lipinski definition) is 0. The smallest absolute Gasteiger partial charge is 0.0151 e. The molecule has 13 heavy (non-hydrogen) atoms. The molecule has 66 valence electrons. The van der Waals surface area contributed by atoms with E-state index in [0.717, 1.165) is 0 Å². The monoisotopic (exact) mass is 171 g/mol. The van der Waals surface area contributed by atoms with Gasteiger partial charge in [0.15, 0.2) is 0 Å². The highest BCUT2D eigenvalue weighted by Crippen LogP contribution is 2.24. The number of aromatic amines is 1. The van der Waals surface area contributed by atoms with Crippen molar-refractivity contribution in [2.75, 3.05) is 0 Å². The topological polar surface area (TPSA) is 15.8 Å². The third kappa shape index (κ3) is 1.37. The van der Waals surface area contributed by atoms with Crippen molar-refractivity contribution in [1.82, 2.24) is 4.98 Å². The van der Waals surface area contributed by atoms with E-state index in [1.54, 1.807) is 0 Å². The average molecular weight is 171 g/mol. The van der Waals surface area contributed by atoms with Crippen LogP contribution in [0, 0.1) is 13.8 Å². The van der Waals surface area contributed by atoms with Crippen LogP contribution in [-0.4, -0.2) is 4.98 Å². The normalized spacial score (nSPS) is 10.3. The maximum absolute atomic E-state index is 3.24. The molecule has 0 radical (unpaired) electrons. The summed E-state index contributed by atoms with van der Waals surface area (Å²) in [6.07, 6.45) is 2.07. The highest BCUT2D eigenvalue weighted by Gasteiger charge is 2.03. The van der Waals surface area contributed by atoms with Crippen LogP contribution in [0.5, 0.6) is 0 Å². The van der Waals surface area contributed by atoms with Gasteiger partial charge in [0.25, 0.3) is 0 Å². The molecule has 2 aromatic rings. The van der Waals surface area contributed by atoms with Crippen molar-refractivity contribution in [1.29, 1.82) is 0 Å². The van der Waals surface area contributed by atoms with Crippen LogP contribution in [0.25, 0.3) is 11.1 Å². The van der Waals surface area contributed by atoms with Crippen molar-refractivity contribution in [2.24, 2.45) is 0 Å². The Hall–Kier alpha value is -1.50. The number of rotatable bonds is 1. The highest BCUT2D eigenvalue weighted by atomic mass is 14.7. The van der Waals surface area contributed by atoms with Crippen molar-refractivity contribution in [3.8, 4) is 11.1 Å². The van der Waals surface area contributed by atoms with Crippen LogP contribution in [0.15, 0.2) is 36.5 Å². The molecule has 1 aromatic heterocycles. The third-order valence-corrected chi connectivity index (χ3v) is 2.48. The Bertz CT molecular complexity index is 398. The van der Waals surface area contributed by atoms with E-state index in [9.17, 15) is 0 Å². The first-order chi connectivity index (χ1) is 6.29. The minimum Gasteiger partial charge on any atom is -0.364 e. The van der Waals surface area contributed by atoms with Crippen LogP contribution < -0.4 is 0 Å². The first-order valence-corrected chi connectivity index (χ1v) is 4.49. The number of aryl methyl sites for hydroxylation is 1. The molecule has 0 aliphatic heterocycles. The largest absolute Gasteiger partial charge is 0.364 e. The molecular weight excluding hydrogens is 158 g/mol. The molecule has 1 heteroatoms. The van der Waals surface area contributed by atoms with Gasteiger partial charge in [0.1, 0.15) is 0 Å². The fraction of sp³-hybridized carbons (Fsp3) is 0.167. The number of benzene rings is 1. The Balaban J connectivity index is 2.53. The molecule has 0 atom stereocenters. The summed E-state index contributed by atoms with van der Waals surface area (Å²) in [6.45, 7) is 4.25. The molecule has 2 rings (SSSR count). The zero-order valence-electron chi connectivity index (χ0n) is 7.96. The lowest BCUT2D eigenvalue weighted by Crippen LogP contribution is -1.77. The minimum atomic E-state index is 1.25. The number of aromatic nitrogens is 1. The first kappa shape index (κ1) is 8.11. The summed E-state index contributed by atoms with van der Waals surface area (Å²) in [6, 6.07) is 10.4. The molecular formula is C12H13N.